The van der Waals surface area contributed by atoms with E-state index >= 15 is 0 Å². The Hall–Kier alpha value is -1.62. The highest BCUT2D eigenvalue weighted by Crippen LogP contribution is 2.30. The summed E-state index contributed by atoms with van der Waals surface area (Å²) in [5.74, 6) is 0.747. The van der Waals surface area contributed by atoms with E-state index in [1.165, 1.54) is 0 Å². The lowest BCUT2D eigenvalue weighted by Crippen LogP contribution is -2.56. The molecule has 1 aromatic rings. The molecule has 1 fully saturated rings. The number of pyridine rings is 1. The van der Waals surface area contributed by atoms with Gasteiger partial charge >= 0.3 is 0 Å². The maximum atomic E-state index is 11.9. The fraction of sp³-hybridized carbons (Fsp3) is 0.500. The Labute approximate surface area is 101 Å². The highest BCUT2D eigenvalue weighted by atomic mass is 16.2. The van der Waals surface area contributed by atoms with Gasteiger partial charge in [-0.05, 0) is 31.4 Å². The van der Waals surface area contributed by atoms with Crippen LogP contribution in [0.2, 0.25) is 0 Å². The van der Waals surface area contributed by atoms with Crippen LogP contribution in [0.5, 0.6) is 0 Å². The Kier molecular flexibility index (Phi) is 3.02. The molecular formula is C12H18N4O. The first-order valence-electron chi connectivity index (χ1n) is 5.75. The van der Waals surface area contributed by atoms with Crippen molar-refractivity contribution >= 4 is 17.4 Å². The molecular weight excluding hydrogens is 216 g/mol. The van der Waals surface area contributed by atoms with Gasteiger partial charge < -0.3 is 16.0 Å². The number of anilines is 2. The predicted molar refractivity (Wildman–Crippen MR) is 68.0 cm³/mol. The summed E-state index contributed by atoms with van der Waals surface area (Å²) >= 11 is 0. The molecule has 0 unspecified atom stereocenters. The third kappa shape index (κ3) is 2.39. The monoisotopic (exact) mass is 234 g/mol. The summed E-state index contributed by atoms with van der Waals surface area (Å²) in [4.78, 5) is 18.0. The predicted octanol–water partition coefficient (Wildman–Crippen LogP) is 0.967. The Morgan fingerprint density at radius 2 is 2.18 bits per heavy atom. The summed E-state index contributed by atoms with van der Waals surface area (Å²) in [7, 11) is 3.84. The summed E-state index contributed by atoms with van der Waals surface area (Å²) in [5.41, 5.74) is 5.96. The second-order valence-electron chi connectivity index (χ2n) is 4.76. The lowest BCUT2D eigenvalue weighted by molar-refractivity contribution is -0.123. The summed E-state index contributed by atoms with van der Waals surface area (Å²) in [6.07, 6.45) is 4.21. The SMILES string of the molecule is CN(C)c1ccc(NC(=O)C2(N)CCC2)cn1. The van der Waals surface area contributed by atoms with Crippen molar-refractivity contribution in [3.63, 3.8) is 0 Å². The third-order valence-electron chi connectivity index (χ3n) is 3.16. The van der Waals surface area contributed by atoms with Gasteiger partial charge in [-0.3, -0.25) is 4.79 Å². The fourth-order valence-corrected chi connectivity index (χ4v) is 1.76. The van der Waals surface area contributed by atoms with Crippen molar-refractivity contribution in [2.75, 3.05) is 24.3 Å². The first-order valence-corrected chi connectivity index (χ1v) is 5.75. The zero-order valence-corrected chi connectivity index (χ0v) is 10.2. The van der Waals surface area contributed by atoms with Gasteiger partial charge in [0.1, 0.15) is 5.82 Å². The molecule has 1 aliphatic carbocycles. The molecule has 1 amide bonds. The van der Waals surface area contributed by atoms with Crippen LogP contribution in [0.3, 0.4) is 0 Å². The molecule has 0 atom stereocenters. The Balaban J connectivity index is 2.01. The molecule has 0 bridgehead atoms. The van der Waals surface area contributed by atoms with Crippen molar-refractivity contribution in [2.24, 2.45) is 5.73 Å². The average Bonchev–Trinajstić information content (AvgIpc) is 2.26. The van der Waals surface area contributed by atoms with E-state index in [-0.39, 0.29) is 5.91 Å². The average molecular weight is 234 g/mol. The van der Waals surface area contributed by atoms with Crippen LogP contribution in [0, 0.1) is 0 Å². The van der Waals surface area contributed by atoms with Crippen LogP contribution in [0.4, 0.5) is 11.5 Å². The highest BCUT2D eigenvalue weighted by molar-refractivity contribution is 5.98. The third-order valence-corrected chi connectivity index (χ3v) is 3.16. The molecule has 1 aromatic heterocycles. The van der Waals surface area contributed by atoms with Crippen LogP contribution in [-0.4, -0.2) is 30.5 Å². The number of hydrogen-bond donors (Lipinski definition) is 2. The standard InChI is InChI=1S/C12H18N4O/c1-16(2)10-5-4-9(8-14-10)15-11(17)12(13)6-3-7-12/h4-5,8H,3,6-7,13H2,1-2H3,(H,15,17). The van der Waals surface area contributed by atoms with E-state index in [1.54, 1.807) is 6.20 Å². The van der Waals surface area contributed by atoms with Gasteiger partial charge in [-0.15, -0.1) is 0 Å². The number of rotatable bonds is 3. The second kappa shape index (κ2) is 4.33. The number of carbonyl (C=O) groups excluding carboxylic acids is 1. The van der Waals surface area contributed by atoms with E-state index in [0.717, 1.165) is 25.1 Å². The molecule has 5 nitrogen and oxygen atoms in total. The largest absolute Gasteiger partial charge is 0.363 e. The first kappa shape index (κ1) is 11.9. The Bertz CT molecular complexity index is 409. The summed E-state index contributed by atoms with van der Waals surface area (Å²) in [6, 6.07) is 3.70. The zero-order valence-electron chi connectivity index (χ0n) is 10.2. The van der Waals surface area contributed by atoms with Crippen molar-refractivity contribution in [2.45, 2.75) is 24.8 Å². The number of nitrogens with zero attached hydrogens (tertiary/aromatic N) is 2. The van der Waals surface area contributed by atoms with Gasteiger partial charge in [-0.25, -0.2) is 4.98 Å². The molecule has 0 aliphatic heterocycles. The number of hydrogen-bond acceptors (Lipinski definition) is 4. The van der Waals surface area contributed by atoms with Crippen molar-refractivity contribution < 1.29 is 4.79 Å². The van der Waals surface area contributed by atoms with E-state index in [2.05, 4.69) is 10.3 Å². The zero-order chi connectivity index (χ0) is 12.5. The van der Waals surface area contributed by atoms with Crippen LogP contribution >= 0.6 is 0 Å². The van der Waals surface area contributed by atoms with E-state index in [4.69, 9.17) is 5.73 Å². The van der Waals surface area contributed by atoms with Crippen molar-refractivity contribution in [3.8, 4) is 0 Å². The minimum atomic E-state index is -0.666. The van der Waals surface area contributed by atoms with Gasteiger partial charge in [0.25, 0.3) is 0 Å². The molecule has 2 rings (SSSR count). The second-order valence-corrected chi connectivity index (χ2v) is 4.76. The van der Waals surface area contributed by atoms with Gasteiger partial charge in [-0.1, -0.05) is 0 Å². The highest BCUT2D eigenvalue weighted by Gasteiger charge is 2.40. The number of nitrogens with two attached hydrogens (primary N) is 1. The molecule has 0 radical (unpaired) electrons. The summed E-state index contributed by atoms with van der Waals surface area (Å²) in [6.45, 7) is 0. The molecule has 1 aliphatic rings. The van der Waals surface area contributed by atoms with Crippen LogP contribution in [0.1, 0.15) is 19.3 Å². The maximum absolute atomic E-state index is 11.9. The van der Waals surface area contributed by atoms with E-state index in [0.29, 0.717) is 5.69 Å². The van der Waals surface area contributed by atoms with Crippen molar-refractivity contribution in [1.82, 2.24) is 4.98 Å². The van der Waals surface area contributed by atoms with Gasteiger partial charge in [0.2, 0.25) is 5.91 Å². The molecule has 3 N–H and O–H groups in total. The van der Waals surface area contributed by atoms with Crippen molar-refractivity contribution in [1.29, 1.82) is 0 Å². The molecule has 1 saturated carbocycles. The lowest BCUT2D eigenvalue weighted by atomic mass is 9.77. The maximum Gasteiger partial charge on any atom is 0.244 e. The number of amides is 1. The minimum absolute atomic E-state index is 0.108. The first-order chi connectivity index (χ1) is 8.01. The van der Waals surface area contributed by atoms with Crippen molar-refractivity contribution in [3.05, 3.63) is 18.3 Å². The summed E-state index contributed by atoms with van der Waals surface area (Å²) < 4.78 is 0. The van der Waals surface area contributed by atoms with E-state index < -0.39 is 5.54 Å². The molecule has 17 heavy (non-hydrogen) atoms. The van der Waals surface area contributed by atoms with E-state index in [1.807, 2.05) is 31.1 Å². The quantitative estimate of drug-likeness (QED) is 0.817. The normalized spacial score (nSPS) is 17.1. The molecule has 1 heterocycles. The van der Waals surface area contributed by atoms with Gasteiger partial charge in [-0.2, -0.15) is 0 Å². The minimum Gasteiger partial charge on any atom is -0.363 e. The van der Waals surface area contributed by atoms with Crippen LogP contribution in [-0.2, 0) is 4.79 Å². The molecule has 0 aromatic carbocycles. The Morgan fingerprint density at radius 3 is 2.59 bits per heavy atom. The van der Waals surface area contributed by atoms with E-state index in [9.17, 15) is 4.79 Å². The topological polar surface area (TPSA) is 71.2 Å². The fourth-order valence-electron chi connectivity index (χ4n) is 1.76. The number of aromatic nitrogens is 1. The van der Waals surface area contributed by atoms with Crippen LogP contribution < -0.4 is 16.0 Å². The molecule has 0 spiro atoms. The van der Waals surface area contributed by atoms with Gasteiger partial charge in [0.15, 0.2) is 0 Å². The van der Waals surface area contributed by atoms with Crippen LogP contribution in [0.15, 0.2) is 18.3 Å². The lowest BCUT2D eigenvalue weighted by Gasteiger charge is -2.36. The molecule has 5 heteroatoms. The van der Waals surface area contributed by atoms with Gasteiger partial charge in [0.05, 0.1) is 17.4 Å². The van der Waals surface area contributed by atoms with Gasteiger partial charge in [0, 0.05) is 14.1 Å². The number of nitrogens with one attached hydrogen (secondary N) is 1. The number of carbonyl (C=O) groups is 1. The Morgan fingerprint density at radius 1 is 1.47 bits per heavy atom. The molecule has 0 saturated heterocycles. The molecule has 92 valence electrons. The van der Waals surface area contributed by atoms with Crippen LogP contribution in [0.25, 0.3) is 0 Å². The smallest absolute Gasteiger partial charge is 0.244 e. The summed E-state index contributed by atoms with van der Waals surface area (Å²) in [5, 5.41) is 2.81.